The van der Waals surface area contributed by atoms with Crippen molar-refractivity contribution in [3.05, 3.63) is 35.4 Å². The van der Waals surface area contributed by atoms with E-state index >= 15 is 0 Å². The third-order valence-corrected chi connectivity index (χ3v) is 2.42. The van der Waals surface area contributed by atoms with Gasteiger partial charge in [-0.25, -0.2) is 0 Å². The highest BCUT2D eigenvalue weighted by molar-refractivity contribution is 5.86. The first-order valence-corrected chi connectivity index (χ1v) is 6.18. The predicted molar refractivity (Wildman–Crippen MR) is 83.5 cm³/mol. The molecule has 0 aliphatic carbocycles. The Labute approximate surface area is 109 Å². The third kappa shape index (κ3) is 3.27. The lowest BCUT2D eigenvalue weighted by atomic mass is 10.0. The molecular weight excluding hydrogens is 220 g/mol. The van der Waals surface area contributed by atoms with Gasteiger partial charge < -0.3 is 0 Å². The maximum absolute atomic E-state index is 4.46. The van der Waals surface area contributed by atoms with Gasteiger partial charge in [0.2, 0.25) is 0 Å². The minimum absolute atomic E-state index is 0.921. The molecule has 0 heterocycles. The number of nitrogens with zero attached hydrogens (tertiary/aromatic N) is 2. The minimum atomic E-state index is 0.921. The van der Waals surface area contributed by atoms with Crippen LogP contribution in [0.15, 0.2) is 34.3 Å². The zero-order valence-electron chi connectivity index (χ0n) is 11.5. The van der Waals surface area contributed by atoms with E-state index in [0.717, 1.165) is 22.5 Å². The zero-order chi connectivity index (χ0) is 13.4. The van der Waals surface area contributed by atoms with Crippen molar-refractivity contribution in [2.45, 2.75) is 27.7 Å². The normalized spacial score (nSPS) is 12.7. The molecular formula is C16H20N2. The second kappa shape index (κ2) is 7.38. The van der Waals surface area contributed by atoms with Crippen molar-refractivity contribution in [1.29, 1.82) is 0 Å². The largest absolute Gasteiger partial charge is 0.259 e. The van der Waals surface area contributed by atoms with E-state index in [1.165, 1.54) is 0 Å². The van der Waals surface area contributed by atoms with E-state index in [4.69, 9.17) is 0 Å². The fourth-order valence-electron chi connectivity index (χ4n) is 1.77. The van der Waals surface area contributed by atoms with E-state index in [9.17, 15) is 0 Å². The summed E-state index contributed by atoms with van der Waals surface area (Å²) in [5, 5.41) is 0. The summed E-state index contributed by atoms with van der Waals surface area (Å²) >= 11 is 0. The van der Waals surface area contributed by atoms with Gasteiger partial charge in [0.15, 0.2) is 0 Å². The standard InChI is InChI=1S/C16H20N2/c1-5-9-13-11-12-14(10-6-2)16(18-8-4)15(13)17-7-3/h5-12H,1-4H3/b9-5-,10-6-,17-7?,18-8?. The molecule has 0 atom stereocenters. The van der Waals surface area contributed by atoms with Crippen molar-refractivity contribution in [3.63, 3.8) is 0 Å². The summed E-state index contributed by atoms with van der Waals surface area (Å²) in [6.07, 6.45) is 11.7. The van der Waals surface area contributed by atoms with Crippen LogP contribution in [0.2, 0.25) is 0 Å². The van der Waals surface area contributed by atoms with Crippen molar-refractivity contribution in [3.8, 4) is 0 Å². The summed E-state index contributed by atoms with van der Waals surface area (Å²) in [5.41, 5.74) is 4.02. The highest BCUT2D eigenvalue weighted by Crippen LogP contribution is 2.36. The molecule has 1 aromatic carbocycles. The second-order valence-electron chi connectivity index (χ2n) is 3.72. The van der Waals surface area contributed by atoms with Crippen LogP contribution in [0.4, 0.5) is 11.4 Å². The van der Waals surface area contributed by atoms with Crippen LogP contribution >= 0.6 is 0 Å². The maximum atomic E-state index is 4.46. The molecule has 0 saturated heterocycles. The van der Waals surface area contributed by atoms with Gasteiger partial charge in [0.05, 0.1) is 11.4 Å². The molecule has 1 aromatic rings. The lowest BCUT2D eigenvalue weighted by molar-refractivity contribution is 1.42. The topological polar surface area (TPSA) is 24.7 Å². The molecule has 0 spiro atoms. The molecule has 0 radical (unpaired) electrons. The molecule has 0 fully saturated rings. The van der Waals surface area contributed by atoms with Gasteiger partial charge in [-0.3, -0.25) is 9.98 Å². The van der Waals surface area contributed by atoms with Crippen molar-refractivity contribution >= 4 is 36.0 Å². The molecule has 2 heteroatoms. The predicted octanol–water partition coefficient (Wildman–Crippen LogP) is 5.20. The van der Waals surface area contributed by atoms with E-state index < -0.39 is 0 Å². The van der Waals surface area contributed by atoms with Gasteiger partial charge in [-0.05, 0) is 27.7 Å². The Morgan fingerprint density at radius 1 is 0.722 bits per heavy atom. The Morgan fingerprint density at radius 3 is 1.39 bits per heavy atom. The Bertz CT molecular complexity index is 459. The van der Waals surface area contributed by atoms with Gasteiger partial charge in [0.25, 0.3) is 0 Å². The molecule has 0 aliphatic rings. The SMILES string of the molecule is CC=Nc1c(/C=C\C)ccc(/C=C\C)c1N=CC. The van der Waals surface area contributed by atoms with E-state index in [2.05, 4.69) is 34.3 Å². The van der Waals surface area contributed by atoms with Crippen LogP contribution in [0.1, 0.15) is 38.8 Å². The van der Waals surface area contributed by atoms with Crippen molar-refractivity contribution in [1.82, 2.24) is 0 Å². The summed E-state index contributed by atoms with van der Waals surface area (Å²) in [7, 11) is 0. The van der Waals surface area contributed by atoms with Crippen LogP contribution in [-0.4, -0.2) is 12.4 Å². The number of allylic oxidation sites excluding steroid dienone is 2. The fourth-order valence-corrected chi connectivity index (χ4v) is 1.77. The average molecular weight is 240 g/mol. The van der Waals surface area contributed by atoms with E-state index in [0.29, 0.717) is 0 Å². The molecule has 94 valence electrons. The molecule has 2 nitrogen and oxygen atoms in total. The highest BCUT2D eigenvalue weighted by atomic mass is 14.8. The first kappa shape index (κ1) is 14.1. The Morgan fingerprint density at radius 2 is 1.11 bits per heavy atom. The van der Waals surface area contributed by atoms with E-state index in [1.807, 2.05) is 39.8 Å². The highest BCUT2D eigenvalue weighted by Gasteiger charge is 2.08. The van der Waals surface area contributed by atoms with Gasteiger partial charge in [0.1, 0.15) is 0 Å². The summed E-state index contributed by atoms with van der Waals surface area (Å²) in [5.74, 6) is 0. The molecule has 0 aliphatic heterocycles. The van der Waals surface area contributed by atoms with Gasteiger partial charge in [0, 0.05) is 23.6 Å². The fraction of sp³-hybridized carbons (Fsp3) is 0.250. The van der Waals surface area contributed by atoms with Crippen molar-refractivity contribution in [2.24, 2.45) is 9.98 Å². The molecule has 0 N–H and O–H groups in total. The summed E-state index contributed by atoms with van der Waals surface area (Å²) in [6.45, 7) is 7.84. The monoisotopic (exact) mass is 240 g/mol. The quantitative estimate of drug-likeness (QED) is 0.646. The van der Waals surface area contributed by atoms with Crippen molar-refractivity contribution < 1.29 is 0 Å². The van der Waals surface area contributed by atoms with Crippen LogP contribution in [0.3, 0.4) is 0 Å². The average Bonchev–Trinajstić information content (AvgIpc) is 2.37. The first-order chi connectivity index (χ1) is 8.78. The molecule has 0 aromatic heterocycles. The van der Waals surface area contributed by atoms with Crippen LogP contribution in [0.5, 0.6) is 0 Å². The zero-order valence-corrected chi connectivity index (χ0v) is 11.5. The minimum Gasteiger partial charge on any atom is -0.259 e. The van der Waals surface area contributed by atoms with E-state index in [-0.39, 0.29) is 0 Å². The van der Waals surface area contributed by atoms with Crippen LogP contribution < -0.4 is 0 Å². The van der Waals surface area contributed by atoms with Crippen LogP contribution in [0.25, 0.3) is 12.2 Å². The second-order valence-corrected chi connectivity index (χ2v) is 3.72. The van der Waals surface area contributed by atoms with Crippen LogP contribution in [-0.2, 0) is 0 Å². The van der Waals surface area contributed by atoms with Gasteiger partial charge in [-0.1, -0.05) is 36.4 Å². The summed E-state index contributed by atoms with van der Waals surface area (Å²) < 4.78 is 0. The smallest absolute Gasteiger partial charge is 0.0960 e. The molecule has 0 bridgehead atoms. The molecule has 1 rings (SSSR count). The first-order valence-electron chi connectivity index (χ1n) is 6.18. The molecule has 0 amide bonds. The maximum Gasteiger partial charge on any atom is 0.0960 e. The lowest BCUT2D eigenvalue weighted by Crippen LogP contribution is -1.82. The van der Waals surface area contributed by atoms with Gasteiger partial charge in [-0.2, -0.15) is 0 Å². The third-order valence-electron chi connectivity index (χ3n) is 2.42. The molecule has 0 unspecified atom stereocenters. The number of aliphatic imine (C=N–C) groups is 2. The summed E-state index contributed by atoms with van der Waals surface area (Å²) in [6, 6.07) is 4.15. The molecule has 18 heavy (non-hydrogen) atoms. The lowest BCUT2D eigenvalue weighted by Gasteiger charge is -2.08. The van der Waals surface area contributed by atoms with Crippen LogP contribution in [0, 0.1) is 0 Å². The summed E-state index contributed by atoms with van der Waals surface area (Å²) in [4.78, 5) is 8.93. The van der Waals surface area contributed by atoms with E-state index in [1.54, 1.807) is 12.4 Å². The Hall–Kier alpha value is -1.96. The number of benzene rings is 1. The number of rotatable bonds is 4. The van der Waals surface area contributed by atoms with Gasteiger partial charge >= 0.3 is 0 Å². The van der Waals surface area contributed by atoms with Crippen molar-refractivity contribution in [2.75, 3.05) is 0 Å². The number of hydrogen-bond acceptors (Lipinski definition) is 2. The van der Waals surface area contributed by atoms with Gasteiger partial charge in [-0.15, -0.1) is 0 Å². The Balaban J connectivity index is 3.58. The number of hydrogen-bond donors (Lipinski definition) is 0. The molecule has 0 saturated carbocycles. The Kier molecular flexibility index (Phi) is 5.78.